The summed E-state index contributed by atoms with van der Waals surface area (Å²) in [6.07, 6.45) is 4.06. The normalized spacial score (nSPS) is 13.8. The minimum atomic E-state index is 0.0740. The Morgan fingerprint density at radius 3 is 2.69 bits per heavy atom. The van der Waals surface area contributed by atoms with Gasteiger partial charge in [0.15, 0.2) is 0 Å². The van der Waals surface area contributed by atoms with Crippen LogP contribution >= 0.6 is 15.9 Å². The van der Waals surface area contributed by atoms with Crippen molar-refractivity contribution in [3.63, 3.8) is 0 Å². The van der Waals surface area contributed by atoms with Gasteiger partial charge in [0.25, 0.3) is 0 Å². The van der Waals surface area contributed by atoms with Crippen molar-refractivity contribution < 1.29 is 0 Å². The van der Waals surface area contributed by atoms with E-state index in [0.717, 1.165) is 10.2 Å². The van der Waals surface area contributed by atoms with Crippen LogP contribution in [0.5, 0.6) is 0 Å². The largest absolute Gasteiger partial charge is 0.343 e. The van der Waals surface area contributed by atoms with Gasteiger partial charge in [0, 0.05) is 24.0 Å². The highest BCUT2D eigenvalue weighted by Gasteiger charge is 2.09. The molecule has 3 heteroatoms. The Bertz CT molecular complexity index is 499. The second-order valence-corrected chi connectivity index (χ2v) is 4.79. The van der Waals surface area contributed by atoms with Crippen LogP contribution in [0.4, 0.5) is 0 Å². The predicted molar refractivity (Wildman–Crippen MR) is 73.3 cm³/mol. The first-order valence-electron chi connectivity index (χ1n) is 5.28. The standard InChI is InChI=1S/C13H15BrN2/c1-9(15)7-8-12-13(14)10-5-3-4-6-11(10)16(12)2/h3-9H,15H2,1-2H3/b8-7+. The van der Waals surface area contributed by atoms with Crippen LogP contribution in [0.1, 0.15) is 12.6 Å². The van der Waals surface area contributed by atoms with Crippen molar-refractivity contribution in [2.24, 2.45) is 12.8 Å². The van der Waals surface area contributed by atoms with Crippen molar-refractivity contribution in [1.29, 1.82) is 0 Å². The Balaban J connectivity index is 2.62. The summed E-state index contributed by atoms with van der Waals surface area (Å²) in [4.78, 5) is 0. The molecule has 0 aliphatic rings. The summed E-state index contributed by atoms with van der Waals surface area (Å²) in [5.41, 5.74) is 8.10. The van der Waals surface area contributed by atoms with E-state index < -0.39 is 0 Å². The van der Waals surface area contributed by atoms with Gasteiger partial charge in [0.1, 0.15) is 0 Å². The van der Waals surface area contributed by atoms with Crippen LogP contribution in [0.15, 0.2) is 34.8 Å². The Hall–Kier alpha value is -1.06. The van der Waals surface area contributed by atoms with Crippen LogP contribution in [0, 0.1) is 0 Å². The SMILES string of the molecule is CC(N)/C=C/c1c(Br)c2ccccc2n1C. The lowest BCUT2D eigenvalue weighted by Gasteiger charge is -2.00. The zero-order valence-electron chi connectivity index (χ0n) is 9.44. The van der Waals surface area contributed by atoms with Gasteiger partial charge in [0.2, 0.25) is 0 Å². The smallest absolute Gasteiger partial charge is 0.0556 e. The average molecular weight is 279 g/mol. The lowest BCUT2D eigenvalue weighted by molar-refractivity contribution is 0.921. The zero-order chi connectivity index (χ0) is 11.7. The summed E-state index contributed by atoms with van der Waals surface area (Å²) < 4.78 is 3.29. The Morgan fingerprint density at radius 2 is 2.06 bits per heavy atom. The molecule has 0 amide bonds. The highest BCUT2D eigenvalue weighted by atomic mass is 79.9. The number of aromatic nitrogens is 1. The first-order valence-corrected chi connectivity index (χ1v) is 6.07. The summed E-state index contributed by atoms with van der Waals surface area (Å²) in [5.74, 6) is 0. The first-order chi connectivity index (χ1) is 7.61. The van der Waals surface area contributed by atoms with Gasteiger partial charge in [-0.05, 0) is 35.0 Å². The van der Waals surface area contributed by atoms with E-state index in [1.54, 1.807) is 0 Å². The van der Waals surface area contributed by atoms with Gasteiger partial charge < -0.3 is 10.3 Å². The van der Waals surface area contributed by atoms with E-state index in [-0.39, 0.29) is 6.04 Å². The molecule has 1 aromatic heterocycles. The number of benzene rings is 1. The fraction of sp³-hybridized carbons (Fsp3) is 0.231. The Labute approximate surface area is 104 Å². The quantitative estimate of drug-likeness (QED) is 0.898. The van der Waals surface area contributed by atoms with Crippen molar-refractivity contribution in [3.05, 3.63) is 40.5 Å². The van der Waals surface area contributed by atoms with E-state index in [4.69, 9.17) is 5.73 Å². The number of nitrogens with two attached hydrogens (primary N) is 1. The molecule has 84 valence electrons. The average Bonchev–Trinajstić information content (AvgIpc) is 2.50. The number of fused-ring (bicyclic) bond motifs is 1. The molecule has 0 fully saturated rings. The minimum Gasteiger partial charge on any atom is -0.343 e. The molecule has 1 atom stereocenters. The monoisotopic (exact) mass is 278 g/mol. The highest BCUT2D eigenvalue weighted by Crippen LogP contribution is 2.30. The van der Waals surface area contributed by atoms with Gasteiger partial charge in [-0.25, -0.2) is 0 Å². The number of nitrogens with zero attached hydrogens (tertiary/aromatic N) is 1. The third-order valence-corrected chi connectivity index (χ3v) is 3.48. The molecule has 0 aliphatic heterocycles. The number of hydrogen-bond donors (Lipinski definition) is 1. The van der Waals surface area contributed by atoms with Crippen molar-refractivity contribution in [2.75, 3.05) is 0 Å². The molecule has 0 bridgehead atoms. The number of aryl methyl sites for hydroxylation is 1. The highest BCUT2D eigenvalue weighted by molar-refractivity contribution is 9.10. The molecule has 2 N–H and O–H groups in total. The summed E-state index contributed by atoms with van der Waals surface area (Å²) in [6, 6.07) is 8.40. The van der Waals surface area contributed by atoms with Crippen LogP contribution in [0.3, 0.4) is 0 Å². The molecule has 1 aromatic carbocycles. The first kappa shape index (κ1) is 11.4. The van der Waals surface area contributed by atoms with Crippen LogP contribution in [-0.2, 0) is 7.05 Å². The molecule has 2 nitrogen and oxygen atoms in total. The summed E-state index contributed by atoms with van der Waals surface area (Å²) in [7, 11) is 2.06. The van der Waals surface area contributed by atoms with Crippen LogP contribution < -0.4 is 5.73 Å². The van der Waals surface area contributed by atoms with Crippen LogP contribution in [0.25, 0.3) is 17.0 Å². The van der Waals surface area contributed by atoms with Gasteiger partial charge >= 0.3 is 0 Å². The number of hydrogen-bond acceptors (Lipinski definition) is 1. The van der Waals surface area contributed by atoms with E-state index in [9.17, 15) is 0 Å². The van der Waals surface area contributed by atoms with Crippen LogP contribution in [-0.4, -0.2) is 10.6 Å². The van der Waals surface area contributed by atoms with Gasteiger partial charge in [0.05, 0.1) is 10.2 Å². The maximum Gasteiger partial charge on any atom is 0.0556 e. The van der Waals surface area contributed by atoms with Gasteiger partial charge in [-0.15, -0.1) is 0 Å². The van der Waals surface area contributed by atoms with Crippen LogP contribution in [0.2, 0.25) is 0 Å². The second-order valence-electron chi connectivity index (χ2n) is 3.99. The maximum absolute atomic E-state index is 5.72. The van der Waals surface area contributed by atoms with Gasteiger partial charge in [-0.3, -0.25) is 0 Å². The van der Waals surface area contributed by atoms with Crippen molar-refractivity contribution >= 4 is 32.9 Å². The fourth-order valence-electron chi connectivity index (χ4n) is 1.79. The van der Waals surface area contributed by atoms with E-state index in [2.05, 4.69) is 45.8 Å². The summed E-state index contributed by atoms with van der Waals surface area (Å²) in [6.45, 7) is 1.97. The molecular weight excluding hydrogens is 264 g/mol. The third kappa shape index (κ3) is 1.93. The van der Waals surface area contributed by atoms with Crippen molar-refractivity contribution in [1.82, 2.24) is 4.57 Å². The molecular formula is C13H15BrN2. The maximum atomic E-state index is 5.72. The topological polar surface area (TPSA) is 30.9 Å². The lowest BCUT2D eigenvalue weighted by atomic mass is 10.2. The predicted octanol–water partition coefficient (Wildman–Crippen LogP) is 3.30. The molecule has 0 spiro atoms. The van der Waals surface area contributed by atoms with E-state index in [1.807, 2.05) is 25.1 Å². The number of para-hydroxylation sites is 1. The summed E-state index contributed by atoms with van der Waals surface area (Å²) in [5, 5.41) is 1.23. The number of halogens is 1. The molecule has 1 heterocycles. The molecule has 0 saturated heterocycles. The molecule has 0 aliphatic carbocycles. The third-order valence-electron chi connectivity index (χ3n) is 2.65. The minimum absolute atomic E-state index is 0.0740. The van der Waals surface area contributed by atoms with Gasteiger partial charge in [-0.1, -0.05) is 24.3 Å². The van der Waals surface area contributed by atoms with Crippen molar-refractivity contribution in [2.45, 2.75) is 13.0 Å². The van der Waals surface area contributed by atoms with E-state index in [0.29, 0.717) is 0 Å². The Morgan fingerprint density at radius 1 is 1.38 bits per heavy atom. The van der Waals surface area contributed by atoms with E-state index >= 15 is 0 Å². The molecule has 0 saturated carbocycles. The van der Waals surface area contributed by atoms with Gasteiger partial charge in [-0.2, -0.15) is 0 Å². The zero-order valence-corrected chi connectivity index (χ0v) is 11.0. The molecule has 16 heavy (non-hydrogen) atoms. The second kappa shape index (κ2) is 4.44. The summed E-state index contributed by atoms with van der Waals surface area (Å²) >= 11 is 3.64. The molecule has 1 unspecified atom stereocenters. The Kier molecular flexibility index (Phi) is 3.17. The fourth-order valence-corrected chi connectivity index (χ4v) is 2.53. The van der Waals surface area contributed by atoms with E-state index in [1.165, 1.54) is 10.9 Å². The lowest BCUT2D eigenvalue weighted by Crippen LogP contribution is -2.10. The molecule has 0 radical (unpaired) electrons. The number of rotatable bonds is 2. The van der Waals surface area contributed by atoms with Crippen molar-refractivity contribution in [3.8, 4) is 0 Å². The molecule has 2 aromatic rings. The molecule has 2 rings (SSSR count).